The Bertz CT molecular complexity index is 189. The highest BCUT2D eigenvalue weighted by Crippen LogP contribution is 2.18. The van der Waals surface area contributed by atoms with Gasteiger partial charge in [-0.25, -0.2) is 0 Å². The molecule has 0 amide bonds. The summed E-state index contributed by atoms with van der Waals surface area (Å²) in [5.41, 5.74) is 2.22. The van der Waals surface area contributed by atoms with E-state index in [0.717, 1.165) is 6.42 Å². The molecule has 0 spiro atoms. The maximum absolute atomic E-state index is 9.65. The van der Waals surface area contributed by atoms with Crippen molar-refractivity contribution in [1.29, 1.82) is 0 Å². The van der Waals surface area contributed by atoms with Gasteiger partial charge in [-0.05, 0) is 13.3 Å². The van der Waals surface area contributed by atoms with E-state index in [1.807, 2.05) is 13.8 Å². The quantitative estimate of drug-likeness (QED) is 0.474. The van der Waals surface area contributed by atoms with Crippen molar-refractivity contribution in [3.63, 3.8) is 0 Å². The van der Waals surface area contributed by atoms with Gasteiger partial charge in [0.15, 0.2) is 6.23 Å². The van der Waals surface area contributed by atoms with Gasteiger partial charge >= 0.3 is 0 Å². The van der Waals surface area contributed by atoms with Gasteiger partial charge < -0.3 is 20.1 Å². The monoisotopic (exact) mass is 221 g/mol. The summed E-state index contributed by atoms with van der Waals surface area (Å²) in [6.07, 6.45) is -2.97. The maximum Gasteiger partial charge on any atom is 0.155 e. The van der Waals surface area contributed by atoms with Crippen LogP contribution in [0.2, 0.25) is 0 Å². The molecule has 0 saturated carbocycles. The molecule has 5 atom stereocenters. The number of ether oxygens (including phenoxy) is 1. The number of nitrogens with one attached hydrogen (secondary N) is 1. The Kier molecular flexibility index (Phi) is 4.91. The summed E-state index contributed by atoms with van der Waals surface area (Å²) >= 11 is 0. The SMILES string of the molecule is CCC(C)O[C@@H]1C(CO)ONC(O)C1O. The van der Waals surface area contributed by atoms with Crippen LogP contribution in [0, 0.1) is 0 Å². The van der Waals surface area contributed by atoms with E-state index < -0.39 is 24.5 Å². The summed E-state index contributed by atoms with van der Waals surface area (Å²) in [7, 11) is 0. The van der Waals surface area contributed by atoms with Crippen LogP contribution in [0.3, 0.4) is 0 Å². The lowest BCUT2D eigenvalue weighted by molar-refractivity contribution is -0.262. The zero-order chi connectivity index (χ0) is 11.4. The second-order valence-corrected chi connectivity index (χ2v) is 3.71. The van der Waals surface area contributed by atoms with Crippen molar-refractivity contribution in [1.82, 2.24) is 5.48 Å². The van der Waals surface area contributed by atoms with Gasteiger partial charge in [0.1, 0.15) is 18.3 Å². The fourth-order valence-corrected chi connectivity index (χ4v) is 1.37. The van der Waals surface area contributed by atoms with E-state index in [4.69, 9.17) is 14.7 Å². The number of hydrogen-bond acceptors (Lipinski definition) is 6. The first kappa shape index (κ1) is 12.8. The highest BCUT2D eigenvalue weighted by Gasteiger charge is 2.40. The van der Waals surface area contributed by atoms with Crippen molar-refractivity contribution in [2.75, 3.05) is 6.61 Å². The molecule has 1 heterocycles. The summed E-state index contributed by atoms with van der Waals surface area (Å²) < 4.78 is 5.49. The van der Waals surface area contributed by atoms with Gasteiger partial charge in [0, 0.05) is 0 Å². The van der Waals surface area contributed by atoms with E-state index in [1.165, 1.54) is 0 Å². The summed E-state index contributed by atoms with van der Waals surface area (Å²) in [5.74, 6) is 0. The lowest BCUT2D eigenvalue weighted by Gasteiger charge is -2.38. The van der Waals surface area contributed by atoms with Crippen LogP contribution >= 0.6 is 0 Å². The first-order valence-corrected chi connectivity index (χ1v) is 5.13. The summed E-state index contributed by atoms with van der Waals surface area (Å²) in [5, 5.41) is 28.0. The second kappa shape index (κ2) is 5.74. The lowest BCUT2D eigenvalue weighted by atomic mass is 10.1. The van der Waals surface area contributed by atoms with E-state index >= 15 is 0 Å². The lowest BCUT2D eigenvalue weighted by Crippen LogP contribution is -2.60. The largest absolute Gasteiger partial charge is 0.393 e. The molecule has 0 radical (unpaired) electrons. The van der Waals surface area contributed by atoms with Crippen LogP contribution < -0.4 is 5.48 Å². The summed E-state index contributed by atoms with van der Waals surface area (Å²) in [6, 6.07) is 0. The molecule has 4 N–H and O–H groups in total. The van der Waals surface area contributed by atoms with Crippen molar-refractivity contribution in [3.05, 3.63) is 0 Å². The van der Waals surface area contributed by atoms with Gasteiger partial charge in [-0.2, -0.15) is 5.48 Å². The summed E-state index contributed by atoms with van der Waals surface area (Å²) in [4.78, 5) is 4.93. The predicted molar refractivity (Wildman–Crippen MR) is 51.7 cm³/mol. The third kappa shape index (κ3) is 3.10. The van der Waals surface area contributed by atoms with E-state index in [1.54, 1.807) is 0 Å². The van der Waals surface area contributed by atoms with Gasteiger partial charge in [-0.3, -0.25) is 4.84 Å². The molecule has 0 aromatic heterocycles. The first-order chi connectivity index (χ1) is 7.10. The molecular weight excluding hydrogens is 202 g/mol. The number of aliphatic hydroxyl groups is 3. The van der Waals surface area contributed by atoms with E-state index in [9.17, 15) is 10.2 Å². The van der Waals surface area contributed by atoms with Crippen molar-refractivity contribution < 1.29 is 24.9 Å². The van der Waals surface area contributed by atoms with Gasteiger partial charge in [0.05, 0.1) is 12.7 Å². The van der Waals surface area contributed by atoms with Crippen molar-refractivity contribution in [3.8, 4) is 0 Å². The fraction of sp³-hybridized carbons (Fsp3) is 1.00. The molecule has 1 saturated heterocycles. The Balaban J connectivity index is 2.60. The standard InChI is InChI=1S/C9H19NO5/c1-3-5(2)14-8-6(4-11)15-10-9(13)7(8)12/h5-13H,3-4H2,1-2H3/t5?,6?,7?,8-,9?/m1/s1. The van der Waals surface area contributed by atoms with Crippen LogP contribution in [-0.2, 0) is 9.57 Å². The second-order valence-electron chi connectivity index (χ2n) is 3.71. The third-order valence-corrected chi connectivity index (χ3v) is 2.51. The van der Waals surface area contributed by atoms with Crippen molar-refractivity contribution >= 4 is 0 Å². The molecular formula is C9H19NO5. The third-order valence-electron chi connectivity index (χ3n) is 2.51. The Labute approximate surface area is 88.8 Å². The molecule has 0 aromatic carbocycles. The molecule has 1 aliphatic rings. The van der Waals surface area contributed by atoms with Crippen LogP contribution in [0.1, 0.15) is 20.3 Å². The van der Waals surface area contributed by atoms with Gasteiger partial charge in [-0.1, -0.05) is 6.92 Å². The number of hydroxylamine groups is 1. The molecule has 0 aliphatic carbocycles. The Morgan fingerprint density at radius 1 is 1.47 bits per heavy atom. The molecule has 1 fully saturated rings. The highest BCUT2D eigenvalue weighted by atomic mass is 16.7. The molecule has 1 rings (SSSR count). The molecule has 1 aliphatic heterocycles. The first-order valence-electron chi connectivity index (χ1n) is 5.13. The van der Waals surface area contributed by atoms with Gasteiger partial charge in [-0.15, -0.1) is 0 Å². The topological polar surface area (TPSA) is 91.2 Å². The van der Waals surface area contributed by atoms with Crippen LogP contribution in [0.4, 0.5) is 0 Å². The van der Waals surface area contributed by atoms with Crippen LogP contribution in [0.5, 0.6) is 0 Å². The smallest absolute Gasteiger partial charge is 0.155 e. The summed E-state index contributed by atoms with van der Waals surface area (Å²) in [6.45, 7) is 3.52. The Morgan fingerprint density at radius 3 is 2.67 bits per heavy atom. The van der Waals surface area contributed by atoms with Crippen LogP contribution in [-0.4, -0.2) is 52.6 Å². The normalized spacial score (nSPS) is 39.0. The minimum Gasteiger partial charge on any atom is -0.393 e. The van der Waals surface area contributed by atoms with E-state index in [0.29, 0.717) is 0 Å². The predicted octanol–water partition coefficient (Wildman–Crippen LogP) is -1.25. The Hall–Kier alpha value is -0.240. The molecule has 90 valence electrons. The molecule has 0 bridgehead atoms. The van der Waals surface area contributed by atoms with Crippen LogP contribution in [0.15, 0.2) is 0 Å². The number of hydrogen-bond donors (Lipinski definition) is 4. The van der Waals surface area contributed by atoms with Gasteiger partial charge in [0.2, 0.25) is 0 Å². The molecule has 0 aromatic rings. The Morgan fingerprint density at radius 2 is 2.13 bits per heavy atom. The molecule has 6 nitrogen and oxygen atoms in total. The average Bonchev–Trinajstić information content (AvgIpc) is 2.25. The maximum atomic E-state index is 9.65. The zero-order valence-corrected chi connectivity index (χ0v) is 8.96. The highest BCUT2D eigenvalue weighted by molar-refractivity contribution is 4.85. The van der Waals surface area contributed by atoms with E-state index in [2.05, 4.69) is 5.48 Å². The number of rotatable bonds is 4. The minimum absolute atomic E-state index is 0.0624. The fourth-order valence-electron chi connectivity index (χ4n) is 1.37. The van der Waals surface area contributed by atoms with Crippen molar-refractivity contribution in [2.45, 2.75) is 50.9 Å². The zero-order valence-electron chi connectivity index (χ0n) is 8.96. The molecule has 15 heavy (non-hydrogen) atoms. The van der Waals surface area contributed by atoms with E-state index in [-0.39, 0.29) is 12.7 Å². The minimum atomic E-state index is -1.19. The van der Waals surface area contributed by atoms with Gasteiger partial charge in [0.25, 0.3) is 0 Å². The molecule has 4 unspecified atom stereocenters. The van der Waals surface area contributed by atoms with Crippen molar-refractivity contribution in [2.24, 2.45) is 0 Å². The van der Waals surface area contributed by atoms with Crippen LogP contribution in [0.25, 0.3) is 0 Å². The number of aliphatic hydroxyl groups excluding tert-OH is 3. The average molecular weight is 221 g/mol. The molecule has 6 heteroatoms.